The maximum atomic E-state index is 11.7. The molecule has 21 heavy (non-hydrogen) atoms. The molecule has 0 aliphatic carbocycles. The summed E-state index contributed by atoms with van der Waals surface area (Å²) in [6.07, 6.45) is 3.57. The summed E-state index contributed by atoms with van der Waals surface area (Å²) in [7, 11) is 0. The number of allylic oxidation sites excluding steroid dienone is 3. The van der Waals surface area contributed by atoms with Gasteiger partial charge in [0.25, 0.3) is 0 Å². The van der Waals surface area contributed by atoms with Gasteiger partial charge in [0.1, 0.15) is 0 Å². The second kappa shape index (κ2) is 10.4. The van der Waals surface area contributed by atoms with E-state index in [9.17, 15) is 4.79 Å². The summed E-state index contributed by atoms with van der Waals surface area (Å²) in [5.74, 6) is 0.510. The predicted octanol–water partition coefficient (Wildman–Crippen LogP) is 0.0425. The first-order valence-corrected chi connectivity index (χ1v) is 8.90. The fraction of sp³-hybridized carbons (Fsp3) is 0.200. The quantitative estimate of drug-likeness (QED) is 0.280. The molecule has 4 nitrogen and oxygen atoms in total. The molecule has 0 unspecified atom stereocenters. The number of halogens is 2. The minimum atomic E-state index is -0.566. The van der Waals surface area contributed by atoms with Gasteiger partial charge in [-0.2, -0.15) is 0 Å². The molecule has 0 bridgehead atoms. The first kappa shape index (κ1) is 17.7. The Hall–Kier alpha value is -1.34. The molecule has 0 aliphatic rings. The summed E-state index contributed by atoms with van der Waals surface area (Å²) in [5, 5.41) is 0.658. The average Bonchev–Trinajstić information content (AvgIpc) is 2.50. The number of para-hydroxylation sites is 1. The van der Waals surface area contributed by atoms with Gasteiger partial charge in [0.05, 0.1) is 0 Å². The van der Waals surface area contributed by atoms with Crippen molar-refractivity contribution in [2.24, 2.45) is 4.99 Å². The molecule has 1 aromatic carbocycles. The number of rotatable bonds is 8. The molecule has 1 rings (SSSR count). The van der Waals surface area contributed by atoms with Crippen molar-refractivity contribution in [1.29, 1.82) is 0 Å². The number of benzene rings is 1. The second-order valence-corrected chi connectivity index (χ2v) is 6.19. The van der Waals surface area contributed by atoms with Crippen LogP contribution >= 0.6 is 11.6 Å². The topological polar surface area (TPSA) is 50.7 Å². The Morgan fingerprint density at radius 1 is 1.52 bits per heavy atom. The molecule has 0 spiro atoms. The van der Waals surface area contributed by atoms with Crippen LogP contribution in [0.1, 0.15) is 12.5 Å². The number of aliphatic imine (C=N–C) groups is 1. The molecule has 0 aromatic heterocycles. The van der Waals surface area contributed by atoms with Crippen LogP contribution in [0.2, 0.25) is 0 Å². The van der Waals surface area contributed by atoms with Crippen LogP contribution in [-0.2, 0) is 11.3 Å². The minimum absolute atomic E-state index is 0.0148. The Morgan fingerprint density at radius 2 is 2.29 bits per heavy atom. The fourth-order valence-electron chi connectivity index (χ4n) is 1.35. The molecule has 0 aliphatic heterocycles. The van der Waals surface area contributed by atoms with E-state index in [1.807, 2.05) is 35.3 Å². The van der Waals surface area contributed by atoms with Crippen LogP contribution in [-0.4, -0.2) is 19.2 Å². The Kier molecular flexibility index (Phi) is 8.77. The van der Waals surface area contributed by atoms with Crippen LogP contribution < -0.4 is 29.7 Å². The fourth-order valence-corrected chi connectivity index (χ4v) is 2.87. The zero-order valence-electron chi connectivity index (χ0n) is 11.7. The molecule has 1 amide bonds. The zero-order chi connectivity index (χ0) is 15.5. The number of ether oxygens (including phenoxy) is 1. The number of nitrogens with zero attached hydrogens (tertiary/aromatic N) is 1. The number of amides is 1. The van der Waals surface area contributed by atoms with Crippen molar-refractivity contribution in [1.82, 2.24) is 3.53 Å². The van der Waals surface area contributed by atoms with Crippen LogP contribution in [0.15, 0.2) is 50.5 Å². The van der Waals surface area contributed by atoms with E-state index < -0.39 is 21.5 Å². The number of hydrogen-bond acceptors (Lipinski definition) is 3. The zero-order valence-corrected chi connectivity index (χ0v) is 14.6. The first-order chi connectivity index (χ1) is 10.2. The van der Waals surface area contributed by atoms with Crippen molar-refractivity contribution in [3.8, 4) is 5.75 Å². The molecule has 1 N–H and O–H groups in total. The van der Waals surface area contributed by atoms with Gasteiger partial charge in [-0.05, 0) is 0 Å². The normalized spacial score (nSPS) is 11.6. The summed E-state index contributed by atoms with van der Waals surface area (Å²) in [6.45, 7) is 5.77. The molecule has 114 valence electrons. The van der Waals surface area contributed by atoms with Crippen molar-refractivity contribution in [2.75, 3.05) is 6.61 Å². The molecule has 0 radical (unpaired) electrons. The molecule has 0 saturated heterocycles. The van der Waals surface area contributed by atoms with Crippen molar-refractivity contribution >= 4 is 24.2 Å². The number of carbonyl (C=O) groups excluding carboxylic acids is 1. The van der Waals surface area contributed by atoms with Gasteiger partial charge in [0.15, 0.2) is 0 Å². The SMILES string of the molecule is C=NCc1ccccc1OCC(=O)N[I-]/C=C\C(Cl)=C/C. The molecule has 0 atom stereocenters. The number of hydrogen-bond donors (Lipinski definition) is 1. The van der Waals surface area contributed by atoms with E-state index in [0.29, 0.717) is 17.3 Å². The van der Waals surface area contributed by atoms with Crippen LogP contribution in [0.25, 0.3) is 0 Å². The Bertz CT molecular complexity index is 544. The summed E-state index contributed by atoms with van der Waals surface area (Å²) in [6, 6.07) is 7.47. The number of carbonyl (C=O) groups is 1. The van der Waals surface area contributed by atoms with E-state index in [2.05, 4.69) is 15.2 Å². The van der Waals surface area contributed by atoms with Gasteiger partial charge in [-0.3, -0.25) is 0 Å². The Labute approximate surface area is 140 Å². The van der Waals surface area contributed by atoms with Gasteiger partial charge in [-0.1, -0.05) is 0 Å². The van der Waals surface area contributed by atoms with Crippen molar-refractivity contribution in [3.05, 3.63) is 51.1 Å². The van der Waals surface area contributed by atoms with Crippen molar-refractivity contribution in [2.45, 2.75) is 13.5 Å². The van der Waals surface area contributed by atoms with Gasteiger partial charge in [-0.25, -0.2) is 0 Å². The first-order valence-electron chi connectivity index (χ1n) is 6.20. The van der Waals surface area contributed by atoms with Gasteiger partial charge in [0.2, 0.25) is 0 Å². The molecule has 0 fully saturated rings. The van der Waals surface area contributed by atoms with Crippen LogP contribution in [0, 0.1) is 0 Å². The van der Waals surface area contributed by atoms with Crippen LogP contribution in [0.5, 0.6) is 5.75 Å². The second-order valence-electron chi connectivity index (χ2n) is 3.87. The van der Waals surface area contributed by atoms with Gasteiger partial charge in [0, 0.05) is 0 Å². The van der Waals surface area contributed by atoms with Crippen molar-refractivity contribution in [3.63, 3.8) is 0 Å². The summed E-state index contributed by atoms with van der Waals surface area (Å²) < 4.78 is 10.2. The summed E-state index contributed by atoms with van der Waals surface area (Å²) in [4.78, 5) is 15.5. The van der Waals surface area contributed by atoms with E-state index in [4.69, 9.17) is 16.3 Å². The van der Waals surface area contributed by atoms with E-state index >= 15 is 0 Å². The summed E-state index contributed by atoms with van der Waals surface area (Å²) >= 11 is 5.24. The molecule has 0 saturated carbocycles. The van der Waals surface area contributed by atoms with Gasteiger partial charge in [-0.15, -0.1) is 0 Å². The monoisotopic (exact) mass is 419 g/mol. The molecule has 6 heteroatoms. The third kappa shape index (κ3) is 7.29. The van der Waals surface area contributed by atoms with Crippen LogP contribution in [0.4, 0.5) is 0 Å². The molecule has 1 aromatic rings. The Balaban J connectivity index is 2.40. The third-order valence-corrected chi connectivity index (χ3v) is 4.31. The third-order valence-electron chi connectivity index (χ3n) is 2.33. The average molecular weight is 420 g/mol. The van der Waals surface area contributed by atoms with Gasteiger partial charge >= 0.3 is 141 Å². The molecule has 0 heterocycles. The van der Waals surface area contributed by atoms with E-state index in [-0.39, 0.29) is 12.5 Å². The standard InChI is InChI=1S/C15H17ClIN2O2/c1-3-13(16)8-9-17-19-15(20)11-21-14-7-5-4-6-12(14)10-18-2/h3-9H,2,10-11H2,1H3,(H,19,20)/q-1/b9-8-,13-3+. The molecular weight excluding hydrogens is 403 g/mol. The van der Waals surface area contributed by atoms with E-state index in [0.717, 1.165) is 5.56 Å². The number of nitrogens with one attached hydrogen (secondary N) is 1. The van der Waals surface area contributed by atoms with E-state index in [1.54, 1.807) is 12.2 Å². The summed E-state index contributed by atoms with van der Waals surface area (Å²) in [5.41, 5.74) is 0.912. The molecular formula is C15H17ClIN2O2-. The van der Waals surface area contributed by atoms with E-state index in [1.165, 1.54) is 0 Å². The maximum absolute atomic E-state index is 11.7. The van der Waals surface area contributed by atoms with Crippen molar-refractivity contribution < 1.29 is 31.0 Å². The Morgan fingerprint density at radius 3 is 3.00 bits per heavy atom. The van der Waals surface area contributed by atoms with Crippen LogP contribution in [0.3, 0.4) is 0 Å². The predicted molar refractivity (Wildman–Crippen MR) is 82.1 cm³/mol. The van der Waals surface area contributed by atoms with Gasteiger partial charge < -0.3 is 0 Å².